The van der Waals surface area contributed by atoms with E-state index in [1.165, 1.54) is 10.8 Å². The first-order valence-electron chi connectivity index (χ1n) is 3.71. The molecule has 0 aliphatic heterocycles. The van der Waals surface area contributed by atoms with Crippen LogP contribution in [0.4, 0.5) is 0 Å². The summed E-state index contributed by atoms with van der Waals surface area (Å²) in [5.74, 6) is 0. The number of nitrogens with zero attached hydrogens (tertiary/aromatic N) is 2. The molecule has 0 amide bonds. The molecule has 2 aromatic rings. The van der Waals surface area contributed by atoms with Gasteiger partial charge < -0.3 is 0 Å². The Morgan fingerprint density at radius 1 is 1.15 bits per heavy atom. The fourth-order valence-electron chi connectivity index (χ4n) is 1.02. The van der Waals surface area contributed by atoms with Gasteiger partial charge in [-0.05, 0) is 12.1 Å². The van der Waals surface area contributed by atoms with Crippen molar-refractivity contribution in [2.24, 2.45) is 0 Å². The number of para-hydroxylation sites is 1. The zero-order valence-corrected chi connectivity index (χ0v) is 7.78. The van der Waals surface area contributed by atoms with Gasteiger partial charge in [0, 0.05) is 11.6 Å². The molecule has 0 radical (unpaired) electrons. The van der Waals surface area contributed by atoms with E-state index < -0.39 is 0 Å². The maximum Gasteiger partial charge on any atom is 0.130 e. The molecule has 0 fully saturated rings. The minimum Gasteiger partial charge on any atom is -0.256 e. The molecule has 0 saturated heterocycles. The number of rotatable bonds is 0. The van der Waals surface area contributed by atoms with E-state index >= 15 is 0 Å². The predicted molar refractivity (Wildman–Crippen MR) is 56.3 cm³/mol. The Balaban J connectivity index is 0.000000251. The normalized spacial score (nSPS) is 8.31. The molecule has 0 unspecified atom stereocenters. The molecule has 64 valence electrons. The topological polar surface area (TPSA) is 36.7 Å². The van der Waals surface area contributed by atoms with E-state index in [0.717, 1.165) is 5.52 Å². The van der Waals surface area contributed by atoms with Gasteiger partial charge in [-0.15, -0.1) is 0 Å². The van der Waals surface area contributed by atoms with Gasteiger partial charge in [-0.25, -0.2) is 0 Å². The Morgan fingerprint density at radius 3 is 2.46 bits per heavy atom. The van der Waals surface area contributed by atoms with E-state index in [1.54, 1.807) is 0 Å². The largest absolute Gasteiger partial charge is 0.256 e. The maximum atomic E-state index is 7.18. The molecule has 1 aromatic heterocycles. The number of pyridine rings is 1. The predicted octanol–water partition coefficient (Wildman–Crippen LogP) is 2.63. The minimum absolute atomic E-state index is 1.06. The minimum atomic E-state index is 1.06. The lowest BCUT2D eigenvalue weighted by Crippen LogP contribution is -1.73. The van der Waals surface area contributed by atoms with Gasteiger partial charge in [0.15, 0.2) is 0 Å². The lowest BCUT2D eigenvalue weighted by Gasteiger charge is -1.91. The van der Waals surface area contributed by atoms with Gasteiger partial charge in [-0.3, -0.25) is 4.98 Å². The smallest absolute Gasteiger partial charge is 0.130 e. The average Bonchev–Trinajstić information content (AvgIpc) is 2.19. The quantitative estimate of drug-likeness (QED) is 0.509. The number of benzene rings is 1. The Hall–Kier alpha value is -1.53. The van der Waals surface area contributed by atoms with Crippen molar-refractivity contribution in [1.29, 1.82) is 5.26 Å². The summed E-state index contributed by atoms with van der Waals surface area (Å²) in [4.78, 5) is 4.18. The van der Waals surface area contributed by atoms with Crippen LogP contribution in [0.15, 0.2) is 42.6 Å². The molecule has 0 atom stereocenters. The number of aromatic nitrogens is 1. The van der Waals surface area contributed by atoms with Gasteiger partial charge >= 0.3 is 0 Å². The second-order valence-electron chi connectivity index (χ2n) is 2.30. The molecule has 13 heavy (non-hydrogen) atoms. The van der Waals surface area contributed by atoms with Gasteiger partial charge in [0.1, 0.15) is 5.40 Å². The van der Waals surface area contributed by atoms with Crippen molar-refractivity contribution in [3.8, 4) is 5.40 Å². The highest BCUT2D eigenvalue weighted by atomic mass is 32.1. The lowest BCUT2D eigenvalue weighted by atomic mass is 10.2. The highest BCUT2D eigenvalue weighted by Gasteiger charge is 1.86. The second kappa shape index (κ2) is 5.18. The van der Waals surface area contributed by atoms with Crippen LogP contribution >= 0.6 is 12.6 Å². The van der Waals surface area contributed by atoms with Gasteiger partial charge in [-0.1, -0.05) is 36.9 Å². The van der Waals surface area contributed by atoms with Crippen molar-refractivity contribution < 1.29 is 0 Å². The molecular formula is C10H8N2S. The van der Waals surface area contributed by atoms with Crippen LogP contribution in [-0.4, -0.2) is 4.98 Å². The summed E-state index contributed by atoms with van der Waals surface area (Å²) in [6.07, 6.45) is 1.81. The molecule has 0 aliphatic carbocycles. The van der Waals surface area contributed by atoms with E-state index in [9.17, 15) is 0 Å². The summed E-state index contributed by atoms with van der Waals surface area (Å²) in [6.45, 7) is 0. The van der Waals surface area contributed by atoms with Gasteiger partial charge in [0.05, 0.1) is 5.52 Å². The molecule has 2 rings (SSSR count). The molecule has 0 aliphatic rings. The van der Waals surface area contributed by atoms with Crippen molar-refractivity contribution in [3.63, 3.8) is 0 Å². The maximum absolute atomic E-state index is 7.18. The molecular weight excluding hydrogens is 180 g/mol. The summed E-state index contributed by atoms with van der Waals surface area (Å²) in [6, 6.07) is 12.1. The van der Waals surface area contributed by atoms with E-state index in [2.05, 4.69) is 29.7 Å². The fraction of sp³-hybridized carbons (Fsp3) is 0. The molecule has 0 N–H and O–H groups in total. The summed E-state index contributed by atoms with van der Waals surface area (Å²) < 4.78 is 0. The molecule has 2 nitrogen and oxygen atoms in total. The molecule has 1 aromatic carbocycles. The van der Waals surface area contributed by atoms with Crippen LogP contribution < -0.4 is 0 Å². The Labute approximate surface area is 82.3 Å². The first-order chi connectivity index (χ1) is 6.38. The highest BCUT2D eigenvalue weighted by Crippen LogP contribution is 2.07. The molecule has 3 heteroatoms. The van der Waals surface area contributed by atoms with Crippen LogP contribution in [-0.2, 0) is 0 Å². The number of hydrogen-bond donors (Lipinski definition) is 1. The monoisotopic (exact) mass is 188 g/mol. The molecule has 1 heterocycles. The third-order valence-electron chi connectivity index (χ3n) is 1.51. The van der Waals surface area contributed by atoms with Crippen LogP contribution in [0.1, 0.15) is 0 Å². The number of thiocyanates is 1. The standard InChI is InChI=1S/C9H7N.CHNS/c1-2-6-9-8(4-1)5-3-7-10-9;2-1-3/h1-7H;3H. The van der Waals surface area contributed by atoms with Crippen molar-refractivity contribution in [2.75, 3.05) is 0 Å². The van der Waals surface area contributed by atoms with E-state index in [1.807, 2.05) is 30.5 Å². The highest BCUT2D eigenvalue weighted by molar-refractivity contribution is 7.85. The van der Waals surface area contributed by atoms with Gasteiger partial charge in [-0.2, -0.15) is 5.26 Å². The number of hydrogen-bond acceptors (Lipinski definition) is 3. The van der Waals surface area contributed by atoms with Crippen molar-refractivity contribution in [1.82, 2.24) is 4.98 Å². The second-order valence-corrected chi connectivity index (χ2v) is 2.50. The summed E-state index contributed by atoms with van der Waals surface area (Å²) in [5, 5.41) is 9.83. The Morgan fingerprint density at radius 2 is 1.77 bits per heavy atom. The van der Waals surface area contributed by atoms with Crippen LogP contribution in [0.25, 0.3) is 10.9 Å². The van der Waals surface area contributed by atoms with Crippen molar-refractivity contribution in [2.45, 2.75) is 0 Å². The van der Waals surface area contributed by atoms with Crippen molar-refractivity contribution in [3.05, 3.63) is 42.6 Å². The van der Waals surface area contributed by atoms with E-state index in [0.29, 0.717) is 0 Å². The number of fused-ring (bicyclic) bond motifs is 1. The zero-order chi connectivity index (χ0) is 9.52. The summed E-state index contributed by atoms with van der Waals surface area (Å²) in [5.41, 5.74) is 1.06. The zero-order valence-electron chi connectivity index (χ0n) is 6.88. The third-order valence-corrected chi connectivity index (χ3v) is 1.51. The molecule has 0 bridgehead atoms. The van der Waals surface area contributed by atoms with Crippen LogP contribution in [0.2, 0.25) is 0 Å². The Bertz CT molecular complexity index is 355. The van der Waals surface area contributed by atoms with Gasteiger partial charge in [0.2, 0.25) is 0 Å². The lowest BCUT2D eigenvalue weighted by molar-refractivity contribution is 1.41. The average molecular weight is 188 g/mol. The first-order valence-corrected chi connectivity index (χ1v) is 4.16. The fourth-order valence-corrected chi connectivity index (χ4v) is 1.02. The van der Waals surface area contributed by atoms with Crippen LogP contribution in [0, 0.1) is 10.7 Å². The molecule has 0 spiro atoms. The molecule has 0 saturated carbocycles. The number of nitriles is 1. The number of thiol groups is 1. The van der Waals surface area contributed by atoms with E-state index in [4.69, 9.17) is 5.26 Å². The summed E-state index contributed by atoms with van der Waals surface area (Å²) >= 11 is 3.09. The first kappa shape index (κ1) is 9.56. The van der Waals surface area contributed by atoms with Crippen LogP contribution in [0.5, 0.6) is 0 Å². The summed E-state index contributed by atoms with van der Waals surface area (Å²) in [7, 11) is 0. The third kappa shape index (κ3) is 2.77. The van der Waals surface area contributed by atoms with E-state index in [-0.39, 0.29) is 0 Å². The van der Waals surface area contributed by atoms with Crippen molar-refractivity contribution >= 4 is 23.5 Å². The Kier molecular flexibility index (Phi) is 3.80. The van der Waals surface area contributed by atoms with Gasteiger partial charge in [0.25, 0.3) is 0 Å². The van der Waals surface area contributed by atoms with Crippen LogP contribution in [0.3, 0.4) is 0 Å². The SMILES string of the molecule is N#CS.c1ccc2ncccc2c1.